The SMILES string of the molecule is C[C@@H](N)[C@@H](O)c1cccc(F)c1Cl. The van der Waals surface area contributed by atoms with Gasteiger partial charge in [0.2, 0.25) is 0 Å². The molecule has 1 aromatic rings. The van der Waals surface area contributed by atoms with Crippen molar-refractivity contribution in [1.29, 1.82) is 0 Å². The zero-order valence-corrected chi connectivity index (χ0v) is 7.92. The summed E-state index contributed by atoms with van der Waals surface area (Å²) in [5.41, 5.74) is 5.79. The lowest BCUT2D eigenvalue weighted by Crippen LogP contribution is -2.24. The molecule has 0 saturated carbocycles. The van der Waals surface area contributed by atoms with E-state index in [2.05, 4.69) is 0 Å². The molecular weight excluding hydrogens is 193 g/mol. The summed E-state index contributed by atoms with van der Waals surface area (Å²) in [7, 11) is 0. The van der Waals surface area contributed by atoms with Crippen LogP contribution >= 0.6 is 11.6 Å². The van der Waals surface area contributed by atoms with Crippen LogP contribution in [0.4, 0.5) is 4.39 Å². The van der Waals surface area contributed by atoms with E-state index in [1.165, 1.54) is 12.1 Å². The maximum absolute atomic E-state index is 12.9. The summed E-state index contributed by atoms with van der Waals surface area (Å²) in [6, 6.07) is 3.81. The number of benzene rings is 1. The van der Waals surface area contributed by atoms with E-state index in [0.717, 1.165) is 0 Å². The molecule has 1 aromatic carbocycles. The molecule has 0 amide bonds. The summed E-state index contributed by atoms with van der Waals surface area (Å²) in [4.78, 5) is 0. The molecule has 0 unspecified atom stereocenters. The second kappa shape index (κ2) is 4.05. The van der Waals surface area contributed by atoms with Gasteiger partial charge in [0.25, 0.3) is 0 Å². The highest BCUT2D eigenvalue weighted by atomic mass is 35.5. The smallest absolute Gasteiger partial charge is 0.142 e. The molecule has 0 aliphatic heterocycles. The first-order valence-electron chi connectivity index (χ1n) is 3.91. The van der Waals surface area contributed by atoms with Crippen LogP contribution in [0.25, 0.3) is 0 Å². The standard InChI is InChI=1S/C9H11ClFNO/c1-5(12)9(13)6-3-2-4-7(11)8(6)10/h2-5,9,13H,12H2,1H3/t5-,9-/m1/s1. The summed E-state index contributed by atoms with van der Waals surface area (Å²) >= 11 is 5.64. The van der Waals surface area contributed by atoms with Gasteiger partial charge in [-0.15, -0.1) is 0 Å². The number of hydrogen-bond donors (Lipinski definition) is 2. The van der Waals surface area contributed by atoms with Crippen LogP contribution in [0.15, 0.2) is 18.2 Å². The molecule has 0 aliphatic rings. The van der Waals surface area contributed by atoms with Gasteiger partial charge in [0.15, 0.2) is 0 Å². The van der Waals surface area contributed by atoms with Crippen LogP contribution in [0.3, 0.4) is 0 Å². The lowest BCUT2D eigenvalue weighted by Gasteiger charge is -2.16. The Labute approximate surface area is 81.1 Å². The third kappa shape index (κ3) is 2.18. The van der Waals surface area contributed by atoms with Crippen LogP contribution in [0.5, 0.6) is 0 Å². The lowest BCUT2D eigenvalue weighted by atomic mass is 10.0. The molecule has 72 valence electrons. The maximum Gasteiger partial charge on any atom is 0.142 e. The van der Waals surface area contributed by atoms with Crippen molar-refractivity contribution < 1.29 is 9.50 Å². The molecule has 0 aromatic heterocycles. The summed E-state index contributed by atoms with van der Waals surface area (Å²) in [6.07, 6.45) is -0.928. The van der Waals surface area contributed by atoms with Crippen LogP contribution in [-0.4, -0.2) is 11.1 Å². The van der Waals surface area contributed by atoms with Crippen LogP contribution < -0.4 is 5.73 Å². The average molecular weight is 204 g/mol. The molecule has 0 aliphatic carbocycles. The number of rotatable bonds is 2. The van der Waals surface area contributed by atoms with Gasteiger partial charge in [0.05, 0.1) is 11.1 Å². The fourth-order valence-electron chi connectivity index (χ4n) is 1.03. The highest BCUT2D eigenvalue weighted by Gasteiger charge is 2.17. The van der Waals surface area contributed by atoms with E-state index < -0.39 is 18.0 Å². The predicted octanol–water partition coefficient (Wildman–Crippen LogP) is 1.86. The quantitative estimate of drug-likeness (QED) is 0.771. The van der Waals surface area contributed by atoms with Gasteiger partial charge in [-0.2, -0.15) is 0 Å². The van der Waals surface area contributed by atoms with E-state index in [9.17, 15) is 9.50 Å². The van der Waals surface area contributed by atoms with Crippen molar-refractivity contribution in [1.82, 2.24) is 0 Å². The molecule has 0 fully saturated rings. The Bertz CT molecular complexity index is 304. The van der Waals surface area contributed by atoms with Gasteiger partial charge in [0, 0.05) is 11.6 Å². The van der Waals surface area contributed by atoms with Crippen LogP contribution in [-0.2, 0) is 0 Å². The first kappa shape index (κ1) is 10.4. The normalized spacial score (nSPS) is 15.5. The second-order valence-electron chi connectivity index (χ2n) is 2.95. The van der Waals surface area contributed by atoms with E-state index in [4.69, 9.17) is 17.3 Å². The van der Waals surface area contributed by atoms with Crippen LogP contribution in [0, 0.1) is 5.82 Å². The Morgan fingerprint density at radius 2 is 2.15 bits per heavy atom. The van der Waals surface area contributed by atoms with E-state index in [0.29, 0.717) is 5.56 Å². The molecule has 4 heteroatoms. The minimum Gasteiger partial charge on any atom is -0.387 e. The molecule has 1 rings (SSSR count). The molecular formula is C9H11ClFNO. The van der Waals surface area contributed by atoms with E-state index in [1.807, 2.05) is 0 Å². The zero-order chi connectivity index (χ0) is 10.0. The predicted molar refractivity (Wildman–Crippen MR) is 50.0 cm³/mol. The third-order valence-corrected chi connectivity index (χ3v) is 2.20. The van der Waals surface area contributed by atoms with Gasteiger partial charge in [-0.25, -0.2) is 4.39 Å². The molecule has 0 heterocycles. The molecule has 2 atom stereocenters. The van der Waals surface area contributed by atoms with Gasteiger partial charge >= 0.3 is 0 Å². The number of nitrogens with two attached hydrogens (primary N) is 1. The zero-order valence-electron chi connectivity index (χ0n) is 7.17. The van der Waals surface area contributed by atoms with Gasteiger partial charge < -0.3 is 10.8 Å². The molecule has 0 radical (unpaired) electrons. The Kier molecular flexibility index (Phi) is 3.25. The van der Waals surface area contributed by atoms with Gasteiger partial charge in [0.1, 0.15) is 5.82 Å². The Morgan fingerprint density at radius 3 is 2.69 bits per heavy atom. The van der Waals surface area contributed by atoms with Crippen molar-refractivity contribution >= 4 is 11.6 Å². The lowest BCUT2D eigenvalue weighted by molar-refractivity contribution is 0.153. The summed E-state index contributed by atoms with van der Waals surface area (Å²) in [5.74, 6) is -0.543. The molecule has 0 spiro atoms. The Morgan fingerprint density at radius 1 is 1.54 bits per heavy atom. The second-order valence-corrected chi connectivity index (χ2v) is 3.32. The van der Waals surface area contributed by atoms with Gasteiger partial charge in [-0.05, 0) is 13.0 Å². The monoisotopic (exact) mass is 203 g/mol. The van der Waals surface area contributed by atoms with Crippen LogP contribution in [0.2, 0.25) is 5.02 Å². The largest absolute Gasteiger partial charge is 0.387 e. The summed E-state index contributed by atoms with van der Waals surface area (Å²) < 4.78 is 12.9. The number of aliphatic hydroxyl groups is 1. The van der Waals surface area contributed by atoms with E-state index in [1.54, 1.807) is 13.0 Å². The molecule has 3 N–H and O–H groups in total. The molecule has 0 bridgehead atoms. The molecule has 13 heavy (non-hydrogen) atoms. The van der Waals surface area contributed by atoms with Crippen molar-refractivity contribution in [2.75, 3.05) is 0 Å². The van der Waals surface area contributed by atoms with Crippen molar-refractivity contribution in [3.8, 4) is 0 Å². The maximum atomic E-state index is 12.9. The average Bonchev–Trinajstić information content (AvgIpc) is 2.08. The van der Waals surface area contributed by atoms with E-state index >= 15 is 0 Å². The molecule has 2 nitrogen and oxygen atoms in total. The topological polar surface area (TPSA) is 46.2 Å². The van der Waals surface area contributed by atoms with Crippen molar-refractivity contribution in [2.24, 2.45) is 5.73 Å². The van der Waals surface area contributed by atoms with E-state index in [-0.39, 0.29) is 5.02 Å². The number of hydrogen-bond acceptors (Lipinski definition) is 2. The van der Waals surface area contributed by atoms with Gasteiger partial charge in [-0.1, -0.05) is 23.7 Å². The van der Waals surface area contributed by atoms with Crippen molar-refractivity contribution in [3.63, 3.8) is 0 Å². The van der Waals surface area contributed by atoms with Crippen molar-refractivity contribution in [2.45, 2.75) is 19.1 Å². The fraction of sp³-hybridized carbons (Fsp3) is 0.333. The first-order valence-corrected chi connectivity index (χ1v) is 4.29. The van der Waals surface area contributed by atoms with Crippen molar-refractivity contribution in [3.05, 3.63) is 34.6 Å². The summed E-state index contributed by atoms with van der Waals surface area (Å²) in [5, 5.41) is 9.46. The number of halogens is 2. The van der Waals surface area contributed by atoms with Crippen LogP contribution in [0.1, 0.15) is 18.6 Å². The summed E-state index contributed by atoms with van der Waals surface area (Å²) in [6.45, 7) is 1.63. The van der Waals surface area contributed by atoms with Gasteiger partial charge in [-0.3, -0.25) is 0 Å². The minimum absolute atomic E-state index is 0.0627. The number of aliphatic hydroxyl groups excluding tert-OH is 1. The minimum atomic E-state index is -0.928. The first-order chi connectivity index (χ1) is 6.04. The molecule has 0 saturated heterocycles. The highest BCUT2D eigenvalue weighted by molar-refractivity contribution is 6.31. The Hall–Kier alpha value is -0.640. The fourth-order valence-corrected chi connectivity index (χ4v) is 1.27. The highest BCUT2D eigenvalue weighted by Crippen LogP contribution is 2.26. The Balaban J connectivity index is 3.07. The third-order valence-electron chi connectivity index (χ3n) is 1.80.